The van der Waals surface area contributed by atoms with Crippen molar-refractivity contribution in [1.82, 2.24) is 10.3 Å². The molecule has 0 aliphatic heterocycles. The molecule has 4 rings (SSSR count). The lowest BCUT2D eigenvalue weighted by Gasteiger charge is -2.08. The van der Waals surface area contributed by atoms with Gasteiger partial charge in [-0.3, -0.25) is 4.79 Å². The molecule has 0 saturated heterocycles. The minimum absolute atomic E-state index is 0.0306. The minimum Gasteiger partial charge on any atom is -0.493 e. The molecule has 0 radical (unpaired) electrons. The highest BCUT2D eigenvalue weighted by Gasteiger charge is 2.08. The number of carbonyl (C=O) groups is 1. The van der Waals surface area contributed by atoms with Gasteiger partial charge < -0.3 is 10.1 Å². The summed E-state index contributed by atoms with van der Waals surface area (Å²) in [6.07, 6.45) is 0.321. The molecule has 0 atom stereocenters. The van der Waals surface area contributed by atoms with E-state index in [0.29, 0.717) is 19.6 Å². The first-order valence-electron chi connectivity index (χ1n) is 9.83. The highest BCUT2D eigenvalue weighted by Crippen LogP contribution is 2.29. The van der Waals surface area contributed by atoms with E-state index in [1.54, 1.807) is 11.3 Å². The molecular weight excluding hydrogens is 392 g/mol. The molecule has 1 amide bonds. The first-order chi connectivity index (χ1) is 14.8. The van der Waals surface area contributed by atoms with E-state index < -0.39 is 0 Å². The third-order valence-electron chi connectivity index (χ3n) is 4.58. The van der Waals surface area contributed by atoms with E-state index in [4.69, 9.17) is 9.72 Å². The van der Waals surface area contributed by atoms with Crippen molar-refractivity contribution in [2.45, 2.75) is 13.0 Å². The van der Waals surface area contributed by atoms with Gasteiger partial charge in [0, 0.05) is 23.1 Å². The molecule has 0 fully saturated rings. The van der Waals surface area contributed by atoms with Crippen LogP contribution in [0.2, 0.25) is 0 Å². The topological polar surface area (TPSA) is 51.2 Å². The summed E-state index contributed by atoms with van der Waals surface area (Å²) in [5, 5.41) is 6.00. The van der Waals surface area contributed by atoms with Crippen LogP contribution in [0, 0.1) is 0 Å². The van der Waals surface area contributed by atoms with E-state index in [2.05, 4.69) is 28.9 Å². The third-order valence-corrected chi connectivity index (χ3v) is 5.47. The smallest absolute Gasteiger partial charge is 0.223 e. The predicted molar refractivity (Wildman–Crippen MR) is 121 cm³/mol. The number of hydrogen-bond donors (Lipinski definition) is 1. The number of thiazole rings is 1. The fourth-order valence-electron chi connectivity index (χ4n) is 3.03. The summed E-state index contributed by atoms with van der Waals surface area (Å²) in [4.78, 5) is 16.9. The van der Waals surface area contributed by atoms with Crippen LogP contribution in [-0.4, -0.2) is 17.5 Å². The lowest BCUT2D eigenvalue weighted by Crippen LogP contribution is -2.24. The van der Waals surface area contributed by atoms with Crippen molar-refractivity contribution in [3.05, 3.63) is 95.9 Å². The lowest BCUT2D eigenvalue weighted by molar-refractivity contribution is -0.121. The molecule has 1 heterocycles. The van der Waals surface area contributed by atoms with E-state index in [9.17, 15) is 4.79 Å². The van der Waals surface area contributed by atoms with Crippen LogP contribution < -0.4 is 10.1 Å². The molecule has 1 N–H and O–H groups in total. The van der Waals surface area contributed by atoms with Crippen LogP contribution in [0.4, 0.5) is 0 Å². The van der Waals surface area contributed by atoms with E-state index in [1.165, 1.54) is 0 Å². The highest BCUT2D eigenvalue weighted by atomic mass is 32.1. The molecule has 3 aromatic carbocycles. The second kappa shape index (κ2) is 9.85. The van der Waals surface area contributed by atoms with Gasteiger partial charge in [-0.25, -0.2) is 4.98 Å². The fourth-order valence-corrected chi connectivity index (χ4v) is 3.86. The van der Waals surface area contributed by atoms with Crippen LogP contribution in [0.1, 0.15) is 12.0 Å². The zero-order valence-corrected chi connectivity index (χ0v) is 17.3. The van der Waals surface area contributed by atoms with E-state index >= 15 is 0 Å². The number of rotatable bonds is 8. The zero-order valence-electron chi connectivity index (χ0n) is 16.5. The molecule has 1 aromatic heterocycles. The summed E-state index contributed by atoms with van der Waals surface area (Å²) >= 11 is 1.62. The molecule has 30 heavy (non-hydrogen) atoms. The summed E-state index contributed by atoms with van der Waals surface area (Å²) in [6.45, 7) is 0.839. The van der Waals surface area contributed by atoms with Gasteiger partial charge in [-0.1, -0.05) is 66.7 Å². The third kappa shape index (κ3) is 5.33. The Morgan fingerprint density at radius 3 is 2.43 bits per heavy atom. The van der Waals surface area contributed by atoms with Crippen LogP contribution in [0.3, 0.4) is 0 Å². The monoisotopic (exact) mass is 414 g/mol. The van der Waals surface area contributed by atoms with Gasteiger partial charge >= 0.3 is 0 Å². The molecule has 0 aliphatic carbocycles. The van der Waals surface area contributed by atoms with Crippen LogP contribution in [0.15, 0.2) is 90.3 Å². The van der Waals surface area contributed by atoms with Crippen molar-refractivity contribution < 1.29 is 9.53 Å². The van der Waals surface area contributed by atoms with Crippen LogP contribution in [0.5, 0.6) is 5.75 Å². The molecule has 0 bridgehead atoms. The van der Waals surface area contributed by atoms with Crippen molar-refractivity contribution in [3.63, 3.8) is 0 Å². The zero-order chi connectivity index (χ0) is 20.6. The summed E-state index contributed by atoms with van der Waals surface area (Å²) in [6, 6.07) is 27.8. The number of nitrogens with zero attached hydrogens (tertiary/aromatic N) is 1. The summed E-state index contributed by atoms with van der Waals surface area (Å²) in [5.74, 6) is 0.744. The maximum Gasteiger partial charge on any atom is 0.223 e. The number of hydrogen-bond acceptors (Lipinski definition) is 4. The number of para-hydroxylation sites is 1. The predicted octanol–water partition coefficient (Wildman–Crippen LogP) is 5.56. The van der Waals surface area contributed by atoms with Crippen LogP contribution in [-0.2, 0) is 11.3 Å². The quantitative estimate of drug-likeness (QED) is 0.410. The first-order valence-corrected chi connectivity index (χ1v) is 10.7. The second-order valence-corrected chi connectivity index (χ2v) is 7.65. The number of nitrogens with one attached hydrogen (secondary N) is 1. The van der Waals surface area contributed by atoms with Crippen molar-refractivity contribution in [1.29, 1.82) is 0 Å². The van der Waals surface area contributed by atoms with Gasteiger partial charge in [-0.15, -0.1) is 11.3 Å². The van der Waals surface area contributed by atoms with Gasteiger partial charge in [0.1, 0.15) is 10.8 Å². The number of aromatic nitrogens is 1. The average Bonchev–Trinajstić information content (AvgIpc) is 3.30. The Hall–Kier alpha value is -3.44. The minimum atomic E-state index is -0.0306. The fraction of sp³-hybridized carbons (Fsp3) is 0.120. The normalized spacial score (nSPS) is 10.5. The van der Waals surface area contributed by atoms with Gasteiger partial charge in [0.25, 0.3) is 0 Å². The molecule has 4 aromatic rings. The Kier molecular flexibility index (Phi) is 6.52. The molecular formula is C25H22N2O2S. The molecule has 4 nitrogen and oxygen atoms in total. The van der Waals surface area contributed by atoms with Crippen molar-refractivity contribution >= 4 is 17.2 Å². The van der Waals surface area contributed by atoms with E-state index in [1.807, 2.05) is 66.7 Å². The summed E-state index contributed by atoms with van der Waals surface area (Å²) in [7, 11) is 0. The molecule has 0 saturated carbocycles. The summed E-state index contributed by atoms with van der Waals surface area (Å²) < 4.78 is 5.58. The Balaban J connectivity index is 1.31. The van der Waals surface area contributed by atoms with Crippen molar-refractivity contribution in [2.75, 3.05) is 6.61 Å². The van der Waals surface area contributed by atoms with Gasteiger partial charge in [-0.2, -0.15) is 0 Å². The van der Waals surface area contributed by atoms with Gasteiger partial charge in [0.05, 0.1) is 18.7 Å². The number of benzene rings is 3. The maximum atomic E-state index is 12.1. The Morgan fingerprint density at radius 1 is 0.900 bits per heavy atom. The second-order valence-electron chi connectivity index (χ2n) is 6.79. The molecule has 0 unspecified atom stereocenters. The number of carbonyl (C=O) groups excluding carboxylic acids is 1. The molecule has 5 heteroatoms. The van der Waals surface area contributed by atoms with Gasteiger partial charge in [0.15, 0.2) is 0 Å². The van der Waals surface area contributed by atoms with Gasteiger partial charge in [-0.05, 0) is 23.8 Å². The Labute approximate surface area is 180 Å². The van der Waals surface area contributed by atoms with E-state index in [0.717, 1.165) is 33.1 Å². The first kappa shape index (κ1) is 19.9. The van der Waals surface area contributed by atoms with Crippen molar-refractivity contribution in [2.24, 2.45) is 0 Å². The maximum absolute atomic E-state index is 12.1. The van der Waals surface area contributed by atoms with Crippen molar-refractivity contribution in [3.8, 4) is 27.6 Å². The molecule has 150 valence electrons. The summed E-state index contributed by atoms with van der Waals surface area (Å²) in [5.41, 5.74) is 4.19. The lowest BCUT2D eigenvalue weighted by atomic mass is 10.1. The largest absolute Gasteiger partial charge is 0.493 e. The number of amides is 1. The van der Waals surface area contributed by atoms with E-state index in [-0.39, 0.29) is 5.91 Å². The SMILES string of the molecule is O=C(CCOc1ccccc1)NCc1cccc(-c2nc(-c3ccccc3)cs2)c1. The number of ether oxygens (including phenoxy) is 1. The van der Waals surface area contributed by atoms with Crippen LogP contribution >= 0.6 is 11.3 Å². The average molecular weight is 415 g/mol. The highest BCUT2D eigenvalue weighted by molar-refractivity contribution is 7.13. The molecule has 0 aliphatic rings. The Bertz CT molecular complexity index is 1090. The Morgan fingerprint density at radius 2 is 1.63 bits per heavy atom. The van der Waals surface area contributed by atoms with Crippen LogP contribution in [0.25, 0.3) is 21.8 Å². The van der Waals surface area contributed by atoms with Gasteiger partial charge in [0.2, 0.25) is 5.91 Å². The molecule has 0 spiro atoms. The standard InChI is InChI=1S/C25H22N2O2S/c28-24(14-15-29-22-12-5-2-6-13-22)26-17-19-8-7-11-21(16-19)25-27-23(18-30-25)20-9-3-1-4-10-20/h1-13,16,18H,14-15,17H2,(H,26,28).